The van der Waals surface area contributed by atoms with Gasteiger partial charge in [0.2, 0.25) is 15.6 Å². The van der Waals surface area contributed by atoms with Crippen molar-refractivity contribution in [3.05, 3.63) is 58.0 Å². The number of aromatic amines is 1. The number of anilines is 2. The lowest BCUT2D eigenvalue weighted by Crippen LogP contribution is -2.38. The van der Waals surface area contributed by atoms with E-state index in [4.69, 9.17) is 0 Å². The number of benzene rings is 1. The Kier molecular flexibility index (Phi) is 4.63. The van der Waals surface area contributed by atoms with Crippen LogP contribution in [0.5, 0.6) is 0 Å². The molecule has 1 aliphatic rings. The van der Waals surface area contributed by atoms with Crippen molar-refractivity contribution in [2.24, 2.45) is 0 Å². The number of hydrogen-bond donors (Lipinski definition) is 2. The first-order valence-electron chi connectivity index (χ1n) is 7.98. The molecule has 0 atom stereocenters. The number of nitrogens with zero attached hydrogens (tertiary/aromatic N) is 1. The van der Waals surface area contributed by atoms with E-state index in [0.717, 1.165) is 12.0 Å². The third-order valence-electron chi connectivity index (χ3n) is 4.12. The second-order valence-electron chi connectivity index (χ2n) is 5.99. The van der Waals surface area contributed by atoms with Crippen LogP contribution in [0, 0.1) is 6.92 Å². The normalized spacial score (nSPS) is 16.4. The predicted molar refractivity (Wildman–Crippen MR) is 96.6 cm³/mol. The maximum Gasteiger partial charge on any atom is 0.257 e. The molecule has 2 heterocycles. The maximum atomic E-state index is 12.2. The van der Waals surface area contributed by atoms with Crippen LogP contribution in [0.3, 0.4) is 0 Å². The molecule has 1 aromatic heterocycles. The summed E-state index contributed by atoms with van der Waals surface area (Å²) in [5.74, 6) is -0.189. The first-order chi connectivity index (χ1) is 11.9. The summed E-state index contributed by atoms with van der Waals surface area (Å²) >= 11 is 0. The summed E-state index contributed by atoms with van der Waals surface area (Å²) in [5.41, 5.74) is 2.03. The lowest BCUT2D eigenvalue weighted by atomic mass is 10.1. The first kappa shape index (κ1) is 17.2. The molecule has 0 radical (unpaired) electrons. The average Bonchev–Trinajstić information content (AvgIpc) is 2.56. The van der Waals surface area contributed by atoms with Crippen LogP contribution < -0.4 is 15.2 Å². The third-order valence-corrected chi connectivity index (χ3v) is 5.97. The molecule has 1 aromatic carbocycles. The molecule has 3 rings (SSSR count). The van der Waals surface area contributed by atoms with Gasteiger partial charge in [0.05, 0.1) is 17.0 Å². The van der Waals surface area contributed by atoms with Crippen molar-refractivity contribution < 1.29 is 13.2 Å². The van der Waals surface area contributed by atoms with Crippen molar-refractivity contribution in [3.63, 3.8) is 0 Å². The van der Waals surface area contributed by atoms with Gasteiger partial charge in [0, 0.05) is 24.5 Å². The molecule has 8 heteroatoms. The monoisotopic (exact) mass is 361 g/mol. The number of H-pyrrole nitrogens is 1. The van der Waals surface area contributed by atoms with Crippen molar-refractivity contribution in [2.45, 2.75) is 19.8 Å². The quantitative estimate of drug-likeness (QED) is 0.872. The summed E-state index contributed by atoms with van der Waals surface area (Å²) in [6.45, 7) is 2.29. The fraction of sp³-hybridized carbons (Fsp3) is 0.294. The number of hydrogen-bond acceptors (Lipinski definition) is 4. The van der Waals surface area contributed by atoms with E-state index in [2.05, 4.69) is 10.3 Å². The van der Waals surface area contributed by atoms with Crippen LogP contribution in [0.2, 0.25) is 0 Å². The van der Waals surface area contributed by atoms with Gasteiger partial charge in [-0.3, -0.25) is 13.9 Å². The molecule has 2 N–H and O–H groups in total. The predicted octanol–water partition coefficient (Wildman–Crippen LogP) is 1.87. The second kappa shape index (κ2) is 6.72. The van der Waals surface area contributed by atoms with Gasteiger partial charge in [-0.05, 0) is 49.6 Å². The molecule has 0 unspecified atom stereocenters. The molecule has 25 heavy (non-hydrogen) atoms. The third kappa shape index (κ3) is 3.74. The number of amides is 1. The number of aryl methyl sites for hydroxylation is 1. The van der Waals surface area contributed by atoms with E-state index >= 15 is 0 Å². The molecule has 1 fully saturated rings. The number of carbonyl (C=O) groups excluding carboxylic acids is 1. The smallest absolute Gasteiger partial charge is 0.257 e. The maximum absolute atomic E-state index is 12.2. The van der Waals surface area contributed by atoms with Crippen molar-refractivity contribution in [3.8, 4) is 0 Å². The molecule has 1 amide bonds. The highest BCUT2D eigenvalue weighted by Gasteiger charge is 2.27. The van der Waals surface area contributed by atoms with E-state index in [0.29, 0.717) is 29.9 Å². The minimum Gasteiger partial charge on any atom is -0.328 e. The summed E-state index contributed by atoms with van der Waals surface area (Å²) in [4.78, 5) is 25.7. The Bertz CT molecular complexity index is 946. The summed E-state index contributed by atoms with van der Waals surface area (Å²) in [7, 11) is -3.27. The summed E-state index contributed by atoms with van der Waals surface area (Å²) in [6.07, 6.45) is 2.87. The van der Waals surface area contributed by atoms with Crippen LogP contribution in [0.1, 0.15) is 28.8 Å². The highest BCUT2D eigenvalue weighted by atomic mass is 32.2. The Morgan fingerprint density at radius 2 is 2.00 bits per heavy atom. The van der Waals surface area contributed by atoms with Crippen molar-refractivity contribution in [1.82, 2.24) is 4.98 Å². The molecule has 1 saturated heterocycles. The molecule has 0 saturated carbocycles. The largest absolute Gasteiger partial charge is 0.328 e. The molecule has 2 aromatic rings. The van der Waals surface area contributed by atoms with Crippen molar-refractivity contribution in [2.75, 3.05) is 21.9 Å². The Labute approximate surface area is 145 Å². The van der Waals surface area contributed by atoms with Gasteiger partial charge in [0.15, 0.2) is 0 Å². The molecular formula is C17H19N3O4S. The van der Waals surface area contributed by atoms with E-state index in [1.54, 1.807) is 18.2 Å². The number of nitrogens with one attached hydrogen (secondary N) is 2. The second-order valence-corrected chi connectivity index (χ2v) is 8.01. The van der Waals surface area contributed by atoms with Crippen LogP contribution in [0.4, 0.5) is 11.4 Å². The zero-order valence-corrected chi connectivity index (χ0v) is 14.6. The number of carbonyl (C=O) groups is 1. The van der Waals surface area contributed by atoms with Crippen molar-refractivity contribution >= 4 is 27.3 Å². The van der Waals surface area contributed by atoms with Gasteiger partial charge in [-0.25, -0.2) is 8.42 Å². The minimum atomic E-state index is -3.27. The molecule has 7 nitrogen and oxygen atoms in total. The van der Waals surface area contributed by atoms with E-state index in [1.807, 2.05) is 6.92 Å². The van der Waals surface area contributed by atoms with Gasteiger partial charge >= 0.3 is 0 Å². The Balaban J connectivity index is 1.81. The SMILES string of the molecule is Cc1cc(NC(=O)c2ccc(=O)[nH]c2)ccc1N1CCCCS1(=O)=O. The van der Waals surface area contributed by atoms with Gasteiger partial charge in [0.1, 0.15) is 0 Å². The number of pyridine rings is 1. The molecule has 0 bridgehead atoms. The minimum absolute atomic E-state index is 0.164. The lowest BCUT2D eigenvalue weighted by Gasteiger charge is -2.29. The zero-order valence-electron chi connectivity index (χ0n) is 13.8. The highest BCUT2D eigenvalue weighted by Crippen LogP contribution is 2.29. The molecule has 132 valence electrons. The fourth-order valence-corrected chi connectivity index (χ4v) is 4.53. The van der Waals surface area contributed by atoms with Crippen LogP contribution in [-0.4, -0.2) is 31.6 Å². The molecule has 0 spiro atoms. The van der Waals surface area contributed by atoms with Gasteiger partial charge in [-0.15, -0.1) is 0 Å². The lowest BCUT2D eigenvalue weighted by molar-refractivity contribution is 0.102. The number of rotatable bonds is 3. The number of aromatic nitrogens is 1. The van der Waals surface area contributed by atoms with Crippen LogP contribution in [0.25, 0.3) is 0 Å². The van der Waals surface area contributed by atoms with Crippen LogP contribution in [-0.2, 0) is 10.0 Å². The highest BCUT2D eigenvalue weighted by molar-refractivity contribution is 7.92. The Hall–Kier alpha value is -2.61. The summed E-state index contributed by atoms with van der Waals surface area (Å²) in [5, 5.41) is 2.74. The summed E-state index contributed by atoms with van der Waals surface area (Å²) in [6, 6.07) is 7.85. The van der Waals surface area contributed by atoms with E-state index in [9.17, 15) is 18.0 Å². The molecular weight excluding hydrogens is 342 g/mol. The van der Waals surface area contributed by atoms with Crippen LogP contribution >= 0.6 is 0 Å². The Morgan fingerprint density at radius 3 is 2.64 bits per heavy atom. The van der Waals surface area contributed by atoms with Gasteiger partial charge in [-0.2, -0.15) is 0 Å². The number of sulfonamides is 1. The Morgan fingerprint density at radius 1 is 1.20 bits per heavy atom. The first-order valence-corrected chi connectivity index (χ1v) is 9.59. The van der Waals surface area contributed by atoms with E-state index in [-0.39, 0.29) is 17.2 Å². The average molecular weight is 361 g/mol. The molecule has 0 aliphatic carbocycles. The fourth-order valence-electron chi connectivity index (χ4n) is 2.83. The van der Waals surface area contributed by atoms with Gasteiger partial charge in [0.25, 0.3) is 5.91 Å². The van der Waals surface area contributed by atoms with Gasteiger partial charge in [-0.1, -0.05) is 0 Å². The molecule has 1 aliphatic heterocycles. The summed E-state index contributed by atoms with van der Waals surface area (Å²) < 4.78 is 25.9. The standard InChI is InChI=1S/C17H19N3O4S/c1-12-10-14(19-17(22)13-4-7-16(21)18-11-13)5-6-15(12)20-8-2-3-9-25(20,23)24/h4-7,10-11H,2-3,8-9H2,1H3,(H,18,21)(H,19,22). The topological polar surface area (TPSA) is 99.3 Å². The van der Waals surface area contributed by atoms with Gasteiger partial charge < -0.3 is 10.3 Å². The van der Waals surface area contributed by atoms with E-state index < -0.39 is 10.0 Å². The van der Waals surface area contributed by atoms with Crippen molar-refractivity contribution in [1.29, 1.82) is 0 Å². The van der Waals surface area contributed by atoms with Crippen LogP contribution in [0.15, 0.2) is 41.3 Å². The zero-order chi connectivity index (χ0) is 18.0. The van der Waals surface area contributed by atoms with E-state index in [1.165, 1.54) is 22.6 Å².